The van der Waals surface area contributed by atoms with Crippen LogP contribution in [-0.4, -0.2) is 0 Å². The monoisotopic (exact) mass is 123 g/mol. The summed E-state index contributed by atoms with van der Waals surface area (Å²) >= 11 is 0. The summed E-state index contributed by atoms with van der Waals surface area (Å²) < 4.78 is 0. The van der Waals surface area contributed by atoms with Gasteiger partial charge in [-0.15, -0.1) is 0 Å². The third-order valence-corrected chi connectivity index (χ3v) is 1.55. The molecule has 0 amide bonds. The average molecular weight is 123 g/mol. The van der Waals surface area contributed by atoms with Crippen LogP contribution in [0.15, 0.2) is 23.4 Å². The maximum absolute atomic E-state index is 5.65. The predicted molar refractivity (Wildman–Crippen MR) is 39.9 cm³/mol. The van der Waals surface area contributed by atoms with Gasteiger partial charge in [0.05, 0.1) is 0 Å². The van der Waals surface area contributed by atoms with Crippen molar-refractivity contribution in [3.63, 3.8) is 0 Å². The van der Waals surface area contributed by atoms with Crippen molar-refractivity contribution in [2.24, 2.45) is 5.73 Å². The highest BCUT2D eigenvalue weighted by Crippen LogP contribution is 2.12. The normalized spacial score (nSPS) is 20.1. The van der Waals surface area contributed by atoms with Crippen LogP contribution < -0.4 is 5.73 Å². The van der Waals surface area contributed by atoms with Crippen LogP contribution in [0.5, 0.6) is 0 Å². The van der Waals surface area contributed by atoms with E-state index in [0.717, 1.165) is 12.1 Å². The van der Waals surface area contributed by atoms with E-state index in [9.17, 15) is 0 Å². The Morgan fingerprint density at radius 2 is 2.33 bits per heavy atom. The molecule has 0 radical (unpaired) electrons. The minimum absolute atomic E-state index is 1.03. The second-order valence-corrected chi connectivity index (χ2v) is 2.56. The van der Waals surface area contributed by atoms with Gasteiger partial charge in [-0.25, -0.2) is 0 Å². The first-order valence-electron chi connectivity index (χ1n) is 3.42. The van der Waals surface area contributed by atoms with Crippen LogP contribution in [0, 0.1) is 0 Å². The van der Waals surface area contributed by atoms with Crippen molar-refractivity contribution in [3.05, 3.63) is 23.4 Å². The number of nitrogens with two attached hydrogens (primary N) is 1. The van der Waals surface area contributed by atoms with Crippen molar-refractivity contribution in [2.45, 2.75) is 26.2 Å². The molecule has 50 valence electrons. The van der Waals surface area contributed by atoms with Gasteiger partial charge in [-0.3, -0.25) is 0 Å². The fraction of sp³-hybridized carbons (Fsp3) is 0.500. The predicted octanol–water partition coefficient (Wildman–Crippen LogP) is 1.96. The molecule has 0 saturated heterocycles. The minimum atomic E-state index is 1.03. The first-order chi connectivity index (χ1) is 4.29. The molecule has 0 atom stereocenters. The molecule has 1 nitrogen and oxygen atoms in total. The second-order valence-electron chi connectivity index (χ2n) is 2.56. The molecule has 1 aliphatic rings. The zero-order valence-corrected chi connectivity index (χ0v) is 5.85. The molecule has 0 bridgehead atoms. The van der Waals surface area contributed by atoms with Crippen molar-refractivity contribution >= 4 is 0 Å². The zero-order valence-electron chi connectivity index (χ0n) is 5.85. The molecule has 2 N–H and O–H groups in total. The van der Waals surface area contributed by atoms with Gasteiger partial charge in [0, 0.05) is 5.70 Å². The summed E-state index contributed by atoms with van der Waals surface area (Å²) in [5, 5.41) is 0. The van der Waals surface area contributed by atoms with Crippen LogP contribution in [0.25, 0.3) is 0 Å². The molecule has 0 aliphatic heterocycles. The molecule has 1 aliphatic carbocycles. The summed E-state index contributed by atoms with van der Waals surface area (Å²) in [4.78, 5) is 0. The van der Waals surface area contributed by atoms with Crippen LogP contribution in [-0.2, 0) is 0 Å². The molecule has 9 heavy (non-hydrogen) atoms. The summed E-state index contributed by atoms with van der Waals surface area (Å²) in [5.74, 6) is 0. The van der Waals surface area contributed by atoms with Crippen LogP contribution in [0.1, 0.15) is 26.2 Å². The fourth-order valence-electron chi connectivity index (χ4n) is 1.06. The fourth-order valence-corrected chi connectivity index (χ4v) is 1.06. The molecule has 0 aromatic carbocycles. The molecular formula is C8H13N. The molecule has 1 rings (SSSR count). The largest absolute Gasteiger partial charge is 0.402 e. The van der Waals surface area contributed by atoms with Crippen molar-refractivity contribution in [1.29, 1.82) is 0 Å². The van der Waals surface area contributed by atoms with E-state index in [0.29, 0.717) is 0 Å². The van der Waals surface area contributed by atoms with Gasteiger partial charge < -0.3 is 5.73 Å². The van der Waals surface area contributed by atoms with Gasteiger partial charge in [-0.2, -0.15) is 0 Å². The topological polar surface area (TPSA) is 26.0 Å². The Hall–Kier alpha value is -0.720. The Morgan fingerprint density at radius 1 is 1.56 bits per heavy atom. The van der Waals surface area contributed by atoms with Gasteiger partial charge in [0.15, 0.2) is 0 Å². The van der Waals surface area contributed by atoms with Crippen molar-refractivity contribution in [3.8, 4) is 0 Å². The Bertz CT molecular complexity index is 154. The van der Waals surface area contributed by atoms with Gasteiger partial charge in [0.25, 0.3) is 0 Å². The molecule has 0 fully saturated rings. The number of hydrogen-bond acceptors (Lipinski definition) is 1. The van der Waals surface area contributed by atoms with Crippen LogP contribution in [0.3, 0.4) is 0 Å². The molecular weight excluding hydrogens is 110 g/mol. The average Bonchev–Trinajstić information content (AvgIpc) is 1.93. The van der Waals surface area contributed by atoms with E-state index in [2.05, 4.69) is 19.1 Å². The van der Waals surface area contributed by atoms with E-state index in [4.69, 9.17) is 5.73 Å². The molecule has 1 heteroatoms. The summed E-state index contributed by atoms with van der Waals surface area (Å²) in [6, 6.07) is 0. The lowest BCUT2D eigenvalue weighted by atomic mass is 10.2. The summed E-state index contributed by atoms with van der Waals surface area (Å²) in [6.07, 6.45) is 7.75. The van der Waals surface area contributed by atoms with E-state index >= 15 is 0 Å². The number of allylic oxidation sites excluding steroid dienone is 4. The SMILES string of the molecule is CC1=CCCCC(N)=C1. The number of hydrogen-bond donors (Lipinski definition) is 1. The number of rotatable bonds is 0. The summed E-state index contributed by atoms with van der Waals surface area (Å²) in [7, 11) is 0. The molecule has 0 spiro atoms. The van der Waals surface area contributed by atoms with Gasteiger partial charge in [0.1, 0.15) is 0 Å². The van der Waals surface area contributed by atoms with E-state index in [1.807, 2.05) is 0 Å². The molecule has 0 saturated carbocycles. The highest BCUT2D eigenvalue weighted by molar-refractivity contribution is 5.21. The summed E-state index contributed by atoms with van der Waals surface area (Å²) in [5.41, 5.74) is 7.98. The van der Waals surface area contributed by atoms with Crippen LogP contribution >= 0.6 is 0 Å². The maximum Gasteiger partial charge on any atom is 0.00831 e. The van der Waals surface area contributed by atoms with Gasteiger partial charge in [-0.05, 0) is 32.3 Å². The Kier molecular flexibility index (Phi) is 1.93. The first kappa shape index (κ1) is 6.40. The third-order valence-electron chi connectivity index (χ3n) is 1.55. The molecule has 0 heterocycles. The van der Waals surface area contributed by atoms with Crippen LogP contribution in [0.4, 0.5) is 0 Å². The van der Waals surface area contributed by atoms with Crippen molar-refractivity contribution in [1.82, 2.24) is 0 Å². The maximum atomic E-state index is 5.65. The van der Waals surface area contributed by atoms with E-state index in [-0.39, 0.29) is 0 Å². The quantitative estimate of drug-likeness (QED) is 0.523. The zero-order chi connectivity index (χ0) is 6.69. The standard InChI is InChI=1S/C8H13N/c1-7-4-2-3-5-8(9)6-7/h4,6H,2-3,5,9H2,1H3. The van der Waals surface area contributed by atoms with Gasteiger partial charge >= 0.3 is 0 Å². The molecule has 0 aromatic heterocycles. The summed E-state index contributed by atoms with van der Waals surface area (Å²) in [6.45, 7) is 2.10. The lowest BCUT2D eigenvalue weighted by molar-refractivity contribution is 0.833. The third kappa shape index (κ3) is 1.92. The van der Waals surface area contributed by atoms with E-state index < -0.39 is 0 Å². The lowest BCUT2D eigenvalue weighted by Crippen LogP contribution is -1.94. The van der Waals surface area contributed by atoms with Gasteiger partial charge in [-0.1, -0.05) is 11.6 Å². The smallest absolute Gasteiger partial charge is 0.00831 e. The minimum Gasteiger partial charge on any atom is -0.402 e. The van der Waals surface area contributed by atoms with E-state index in [1.165, 1.54) is 18.4 Å². The Labute approximate surface area is 56.2 Å². The van der Waals surface area contributed by atoms with Gasteiger partial charge in [0.2, 0.25) is 0 Å². The highest BCUT2D eigenvalue weighted by Gasteiger charge is 1.95. The van der Waals surface area contributed by atoms with E-state index in [1.54, 1.807) is 0 Å². The van der Waals surface area contributed by atoms with Crippen molar-refractivity contribution in [2.75, 3.05) is 0 Å². The first-order valence-corrected chi connectivity index (χ1v) is 3.42. The van der Waals surface area contributed by atoms with Crippen LogP contribution in [0.2, 0.25) is 0 Å². The second kappa shape index (κ2) is 2.72. The highest BCUT2D eigenvalue weighted by atomic mass is 14.6. The van der Waals surface area contributed by atoms with Crippen molar-refractivity contribution < 1.29 is 0 Å². The lowest BCUT2D eigenvalue weighted by Gasteiger charge is -1.93. The molecule has 0 unspecified atom stereocenters. The Balaban J connectivity index is 2.67. The molecule has 0 aromatic rings. The Morgan fingerprint density at radius 3 is 3.11 bits per heavy atom.